The molecule has 0 saturated carbocycles. The first-order chi connectivity index (χ1) is 15.2. The standard InChI is InChI=1S/C26H26F4O2/c1-3-5-6-20-9-17-24(18-10-20)32-26(29,30)22-13-11-21(12-14-22)25(27,28)31-23-15-7-19(4-2)8-16-23/h7-18H,3-6H2,1-2H3. The molecule has 3 aromatic carbocycles. The second-order valence-corrected chi connectivity index (χ2v) is 7.56. The van der Waals surface area contributed by atoms with E-state index in [-0.39, 0.29) is 11.5 Å². The third-order valence-corrected chi connectivity index (χ3v) is 5.12. The highest BCUT2D eigenvalue weighted by Gasteiger charge is 2.38. The first kappa shape index (κ1) is 23.6. The summed E-state index contributed by atoms with van der Waals surface area (Å²) < 4.78 is 67.7. The topological polar surface area (TPSA) is 18.5 Å². The van der Waals surface area contributed by atoms with E-state index in [9.17, 15) is 17.6 Å². The molecule has 170 valence electrons. The molecule has 3 rings (SSSR count). The van der Waals surface area contributed by atoms with Gasteiger partial charge in [-0.15, -0.1) is 0 Å². The van der Waals surface area contributed by atoms with Crippen LogP contribution in [0.3, 0.4) is 0 Å². The van der Waals surface area contributed by atoms with Crippen molar-refractivity contribution in [3.8, 4) is 11.5 Å². The largest absolute Gasteiger partial charge is 0.429 e. The minimum atomic E-state index is -3.67. The molecule has 0 N–H and O–H groups in total. The summed E-state index contributed by atoms with van der Waals surface area (Å²) in [6.45, 7) is 4.03. The highest BCUT2D eigenvalue weighted by molar-refractivity contribution is 5.32. The fraction of sp³-hybridized carbons (Fsp3) is 0.308. The summed E-state index contributed by atoms with van der Waals surface area (Å²) in [5.41, 5.74) is 0.970. The second kappa shape index (κ2) is 10.1. The normalized spacial score (nSPS) is 11.9. The number of benzene rings is 3. The second-order valence-electron chi connectivity index (χ2n) is 7.56. The van der Waals surface area contributed by atoms with E-state index >= 15 is 0 Å². The van der Waals surface area contributed by atoms with Gasteiger partial charge in [-0.1, -0.05) is 44.5 Å². The van der Waals surface area contributed by atoms with Crippen molar-refractivity contribution in [2.75, 3.05) is 0 Å². The summed E-state index contributed by atoms with van der Waals surface area (Å²) >= 11 is 0. The van der Waals surface area contributed by atoms with Crippen molar-refractivity contribution in [3.05, 3.63) is 95.1 Å². The molecule has 32 heavy (non-hydrogen) atoms. The highest BCUT2D eigenvalue weighted by Crippen LogP contribution is 2.35. The predicted octanol–water partition coefficient (Wildman–Crippen LogP) is 7.85. The fourth-order valence-corrected chi connectivity index (χ4v) is 3.17. The van der Waals surface area contributed by atoms with Gasteiger partial charge in [-0.2, -0.15) is 17.6 Å². The molecule has 0 aliphatic rings. The molecule has 0 atom stereocenters. The molecule has 0 radical (unpaired) electrons. The van der Waals surface area contributed by atoms with Gasteiger partial charge in [0.15, 0.2) is 0 Å². The van der Waals surface area contributed by atoms with Crippen LogP contribution < -0.4 is 9.47 Å². The van der Waals surface area contributed by atoms with Crippen molar-refractivity contribution >= 4 is 0 Å². The van der Waals surface area contributed by atoms with E-state index in [0.29, 0.717) is 0 Å². The molecule has 0 aromatic heterocycles. The summed E-state index contributed by atoms with van der Waals surface area (Å²) in [6, 6.07) is 16.4. The Morgan fingerprint density at radius 2 is 1.00 bits per heavy atom. The van der Waals surface area contributed by atoms with Gasteiger partial charge in [0.05, 0.1) is 11.1 Å². The quantitative estimate of drug-likeness (QED) is 0.295. The number of alkyl halides is 4. The third kappa shape index (κ3) is 6.02. The molecule has 0 unspecified atom stereocenters. The highest BCUT2D eigenvalue weighted by atomic mass is 19.3. The molecule has 0 heterocycles. The van der Waals surface area contributed by atoms with Crippen LogP contribution in [0.4, 0.5) is 17.6 Å². The maximum atomic E-state index is 14.6. The van der Waals surface area contributed by atoms with Crippen LogP contribution >= 0.6 is 0 Å². The van der Waals surface area contributed by atoms with Gasteiger partial charge in [-0.05, 0) is 78.9 Å². The molecule has 0 fully saturated rings. The Morgan fingerprint density at radius 1 is 0.594 bits per heavy atom. The summed E-state index contributed by atoms with van der Waals surface area (Å²) in [5.74, 6) is -0.00385. The van der Waals surface area contributed by atoms with Gasteiger partial charge in [-0.25, -0.2) is 0 Å². The average Bonchev–Trinajstić information content (AvgIpc) is 2.79. The van der Waals surface area contributed by atoms with Crippen LogP contribution in [-0.2, 0) is 25.1 Å². The first-order valence-corrected chi connectivity index (χ1v) is 10.7. The van der Waals surface area contributed by atoms with E-state index in [1.165, 1.54) is 24.3 Å². The number of hydrogen-bond donors (Lipinski definition) is 0. The molecule has 0 spiro atoms. The lowest BCUT2D eigenvalue weighted by atomic mass is 10.1. The molecule has 0 aliphatic carbocycles. The van der Waals surface area contributed by atoms with Crippen molar-refractivity contribution in [1.82, 2.24) is 0 Å². The number of rotatable bonds is 10. The minimum absolute atomic E-state index is 0.00325. The zero-order valence-electron chi connectivity index (χ0n) is 18.1. The first-order valence-electron chi connectivity index (χ1n) is 10.7. The molecular weight excluding hydrogens is 420 g/mol. The number of aryl methyl sites for hydroxylation is 2. The Labute approximate surface area is 185 Å². The maximum absolute atomic E-state index is 14.6. The van der Waals surface area contributed by atoms with Crippen molar-refractivity contribution in [2.45, 2.75) is 51.7 Å². The molecular formula is C26H26F4O2. The smallest absolute Gasteiger partial charge is 0.426 e. The zero-order chi connectivity index (χ0) is 23.2. The third-order valence-electron chi connectivity index (χ3n) is 5.12. The Balaban J connectivity index is 1.68. The van der Waals surface area contributed by atoms with Crippen LogP contribution in [0.15, 0.2) is 72.8 Å². The van der Waals surface area contributed by atoms with Crippen LogP contribution in [0.2, 0.25) is 0 Å². The molecule has 0 aliphatic heterocycles. The zero-order valence-corrected chi connectivity index (χ0v) is 18.1. The molecule has 6 heteroatoms. The van der Waals surface area contributed by atoms with Crippen LogP contribution in [0, 0.1) is 0 Å². The lowest BCUT2D eigenvalue weighted by Crippen LogP contribution is -2.24. The molecule has 0 amide bonds. The number of unbranched alkanes of at least 4 members (excludes halogenated alkanes) is 1. The number of halogens is 4. The van der Waals surface area contributed by atoms with Crippen LogP contribution in [0.5, 0.6) is 11.5 Å². The van der Waals surface area contributed by atoms with Gasteiger partial charge in [0, 0.05) is 0 Å². The van der Waals surface area contributed by atoms with Gasteiger partial charge in [-0.3, -0.25) is 0 Å². The van der Waals surface area contributed by atoms with Gasteiger partial charge < -0.3 is 9.47 Å². The van der Waals surface area contributed by atoms with E-state index in [4.69, 9.17) is 9.47 Å². The fourth-order valence-electron chi connectivity index (χ4n) is 3.17. The minimum Gasteiger partial charge on any atom is -0.429 e. The van der Waals surface area contributed by atoms with Crippen molar-refractivity contribution < 1.29 is 27.0 Å². The summed E-state index contributed by atoms with van der Waals surface area (Å²) in [7, 11) is 0. The number of hydrogen-bond acceptors (Lipinski definition) is 2. The Morgan fingerprint density at radius 3 is 1.38 bits per heavy atom. The van der Waals surface area contributed by atoms with E-state index in [1.54, 1.807) is 24.3 Å². The van der Waals surface area contributed by atoms with Crippen molar-refractivity contribution in [2.24, 2.45) is 0 Å². The predicted molar refractivity (Wildman–Crippen MR) is 116 cm³/mol. The Hall–Kier alpha value is -3.02. The Kier molecular flexibility index (Phi) is 7.44. The van der Waals surface area contributed by atoms with Crippen molar-refractivity contribution in [3.63, 3.8) is 0 Å². The number of ether oxygens (including phenoxy) is 2. The van der Waals surface area contributed by atoms with Crippen LogP contribution in [0.25, 0.3) is 0 Å². The lowest BCUT2D eigenvalue weighted by Gasteiger charge is -2.21. The lowest BCUT2D eigenvalue weighted by molar-refractivity contribution is -0.188. The van der Waals surface area contributed by atoms with Crippen molar-refractivity contribution in [1.29, 1.82) is 0 Å². The van der Waals surface area contributed by atoms with E-state index in [1.807, 2.05) is 6.92 Å². The molecule has 3 aromatic rings. The van der Waals surface area contributed by atoms with E-state index in [0.717, 1.165) is 61.1 Å². The van der Waals surface area contributed by atoms with E-state index in [2.05, 4.69) is 6.92 Å². The molecule has 2 nitrogen and oxygen atoms in total. The summed E-state index contributed by atoms with van der Waals surface area (Å²) in [4.78, 5) is 0. The average molecular weight is 446 g/mol. The molecule has 0 bridgehead atoms. The monoisotopic (exact) mass is 446 g/mol. The Bertz CT molecular complexity index is 982. The van der Waals surface area contributed by atoms with E-state index < -0.39 is 23.3 Å². The summed E-state index contributed by atoms with van der Waals surface area (Å²) in [6.07, 6.45) is -3.64. The molecule has 0 saturated heterocycles. The SMILES string of the molecule is CCCCc1ccc(OC(F)(F)c2ccc(C(F)(F)Oc3ccc(CC)cc3)cc2)cc1. The van der Waals surface area contributed by atoms with Crippen LogP contribution in [0.1, 0.15) is 48.9 Å². The van der Waals surface area contributed by atoms with Gasteiger partial charge in [0.25, 0.3) is 0 Å². The van der Waals surface area contributed by atoms with Crippen LogP contribution in [-0.4, -0.2) is 0 Å². The van der Waals surface area contributed by atoms with Gasteiger partial charge >= 0.3 is 12.2 Å². The maximum Gasteiger partial charge on any atom is 0.426 e. The van der Waals surface area contributed by atoms with Gasteiger partial charge in [0.1, 0.15) is 11.5 Å². The summed E-state index contributed by atoms with van der Waals surface area (Å²) in [5, 5.41) is 0. The van der Waals surface area contributed by atoms with Gasteiger partial charge in [0.2, 0.25) is 0 Å².